The number of hydrogen-bond donors (Lipinski definition) is 0. The van der Waals surface area contributed by atoms with Gasteiger partial charge in [0.05, 0.1) is 25.3 Å². The highest BCUT2D eigenvalue weighted by atomic mass is 16.5. The number of ketones is 2. The van der Waals surface area contributed by atoms with Crippen molar-refractivity contribution in [3.8, 4) is 0 Å². The van der Waals surface area contributed by atoms with Gasteiger partial charge in [-0.3, -0.25) is 9.59 Å². The summed E-state index contributed by atoms with van der Waals surface area (Å²) in [5.74, 6) is -1.96. The average Bonchev–Trinajstić information content (AvgIpc) is 2.63. The number of rotatable bonds is 2. The van der Waals surface area contributed by atoms with E-state index in [1.807, 2.05) is 0 Å². The van der Waals surface area contributed by atoms with Crippen molar-refractivity contribution >= 4 is 23.5 Å². The molecule has 0 aromatic heterocycles. The maximum Gasteiger partial charge on any atom is 0.337 e. The molecule has 6 heteroatoms. The van der Waals surface area contributed by atoms with Crippen LogP contribution in [0.2, 0.25) is 0 Å². The van der Waals surface area contributed by atoms with Crippen molar-refractivity contribution in [3.05, 3.63) is 69.8 Å². The first-order chi connectivity index (χ1) is 11.5. The molecule has 24 heavy (non-hydrogen) atoms. The number of hydrogen-bond acceptors (Lipinski definition) is 6. The van der Waals surface area contributed by atoms with Crippen LogP contribution in [0.15, 0.2) is 36.4 Å². The molecule has 0 amide bonds. The summed E-state index contributed by atoms with van der Waals surface area (Å²) in [6, 6.07) is 8.36. The molecule has 0 aliphatic heterocycles. The van der Waals surface area contributed by atoms with Crippen molar-refractivity contribution in [1.82, 2.24) is 0 Å². The topological polar surface area (TPSA) is 86.7 Å². The third-order valence-corrected chi connectivity index (χ3v) is 3.86. The lowest BCUT2D eigenvalue weighted by Crippen LogP contribution is -2.22. The van der Waals surface area contributed by atoms with Crippen LogP contribution in [-0.2, 0) is 9.47 Å². The molecule has 2 aromatic carbocycles. The minimum absolute atomic E-state index is 0.140. The molecule has 3 rings (SSSR count). The van der Waals surface area contributed by atoms with Crippen molar-refractivity contribution in [2.24, 2.45) is 0 Å². The zero-order valence-electron chi connectivity index (χ0n) is 12.9. The van der Waals surface area contributed by atoms with E-state index in [4.69, 9.17) is 0 Å². The molecule has 0 bridgehead atoms. The van der Waals surface area contributed by atoms with Gasteiger partial charge in [-0.15, -0.1) is 0 Å². The van der Waals surface area contributed by atoms with E-state index in [1.165, 1.54) is 50.6 Å². The fraction of sp³-hybridized carbons (Fsp3) is 0.111. The zero-order chi connectivity index (χ0) is 17.4. The third kappa shape index (κ3) is 2.28. The first-order valence-electron chi connectivity index (χ1n) is 7.02. The molecule has 0 spiro atoms. The number of esters is 2. The van der Waals surface area contributed by atoms with E-state index in [-0.39, 0.29) is 44.9 Å². The molecule has 0 heterocycles. The number of methoxy groups -OCH3 is 2. The molecular weight excluding hydrogens is 312 g/mol. The van der Waals surface area contributed by atoms with Gasteiger partial charge < -0.3 is 9.47 Å². The third-order valence-electron chi connectivity index (χ3n) is 3.86. The second kappa shape index (κ2) is 5.73. The molecule has 0 saturated heterocycles. The lowest BCUT2D eigenvalue weighted by Gasteiger charge is -2.18. The van der Waals surface area contributed by atoms with Crippen LogP contribution in [0, 0.1) is 0 Å². The summed E-state index contributed by atoms with van der Waals surface area (Å²) in [7, 11) is 2.47. The number of carbonyl (C=O) groups is 4. The second-order valence-corrected chi connectivity index (χ2v) is 5.16. The second-order valence-electron chi connectivity index (χ2n) is 5.16. The van der Waals surface area contributed by atoms with E-state index in [0.717, 1.165) is 0 Å². The van der Waals surface area contributed by atoms with Crippen molar-refractivity contribution in [2.75, 3.05) is 14.2 Å². The Labute approximate surface area is 137 Å². The largest absolute Gasteiger partial charge is 0.465 e. The Morgan fingerprint density at radius 3 is 1.38 bits per heavy atom. The first kappa shape index (κ1) is 15.6. The molecule has 1 aliphatic carbocycles. The van der Waals surface area contributed by atoms with Crippen LogP contribution in [-0.4, -0.2) is 37.7 Å². The van der Waals surface area contributed by atoms with E-state index in [0.29, 0.717) is 0 Å². The zero-order valence-corrected chi connectivity index (χ0v) is 12.9. The van der Waals surface area contributed by atoms with Gasteiger partial charge in [-0.05, 0) is 36.4 Å². The quantitative estimate of drug-likeness (QED) is 0.670. The standard InChI is InChI=1S/C18H12O6/c1-23-17(21)9-3-5-11-13(7-9)15(19)12-6-4-10(18(22)24-2)8-14(12)16(11)20/h3-8H,1-2H3. The summed E-state index contributed by atoms with van der Waals surface area (Å²) in [6.07, 6.45) is 0. The Hall–Kier alpha value is -3.28. The number of fused-ring (bicyclic) bond motifs is 2. The summed E-state index contributed by atoms with van der Waals surface area (Å²) in [5.41, 5.74) is 1.02. The van der Waals surface area contributed by atoms with E-state index in [9.17, 15) is 19.2 Å². The highest BCUT2D eigenvalue weighted by Gasteiger charge is 2.31. The van der Waals surface area contributed by atoms with Crippen LogP contribution in [0.5, 0.6) is 0 Å². The van der Waals surface area contributed by atoms with Gasteiger partial charge >= 0.3 is 11.9 Å². The molecule has 2 aromatic rings. The monoisotopic (exact) mass is 324 g/mol. The molecule has 0 N–H and O–H groups in total. The van der Waals surface area contributed by atoms with Crippen molar-refractivity contribution < 1.29 is 28.7 Å². The van der Waals surface area contributed by atoms with Crippen LogP contribution >= 0.6 is 0 Å². The van der Waals surface area contributed by atoms with Crippen LogP contribution in [0.3, 0.4) is 0 Å². The molecule has 0 radical (unpaired) electrons. The minimum atomic E-state index is -0.593. The van der Waals surface area contributed by atoms with Gasteiger partial charge in [0, 0.05) is 22.3 Å². The van der Waals surface area contributed by atoms with Gasteiger partial charge in [0.2, 0.25) is 0 Å². The summed E-state index contributed by atoms with van der Waals surface area (Å²) in [5, 5.41) is 0. The molecule has 0 unspecified atom stereocenters. The van der Waals surface area contributed by atoms with Gasteiger partial charge in [0.15, 0.2) is 11.6 Å². The fourth-order valence-corrected chi connectivity index (χ4v) is 2.64. The Morgan fingerprint density at radius 2 is 1.04 bits per heavy atom. The fourth-order valence-electron chi connectivity index (χ4n) is 2.64. The van der Waals surface area contributed by atoms with E-state index in [2.05, 4.69) is 9.47 Å². The smallest absolute Gasteiger partial charge is 0.337 e. The first-order valence-corrected chi connectivity index (χ1v) is 7.02. The molecule has 6 nitrogen and oxygen atoms in total. The summed E-state index contributed by atoms with van der Waals surface area (Å²) in [4.78, 5) is 48.5. The van der Waals surface area contributed by atoms with Gasteiger partial charge in [0.25, 0.3) is 0 Å². The number of ether oxygens (including phenoxy) is 2. The van der Waals surface area contributed by atoms with Gasteiger partial charge in [-0.2, -0.15) is 0 Å². The summed E-state index contributed by atoms with van der Waals surface area (Å²) >= 11 is 0. The molecule has 0 saturated carbocycles. The van der Waals surface area contributed by atoms with Crippen LogP contribution in [0.25, 0.3) is 0 Å². The number of benzene rings is 2. The van der Waals surface area contributed by atoms with Crippen molar-refractivity contribution in [1.29, 1.82) is 0 Å². The average molecular weight is 324 g/mol. The Bertz CT molecular complexity index is 834. The van der Waals surface area contributed by atoms with E-state index in [1.54, 1.807) is 0 Å². The Morgan fingerprint density at radius 1 is 0.667 bits per heavy atom. The number of carbonyl (C=O) groups excluding carboxylic acids is 4. The SMILES string of the molecule is COC(=O)c1ccc2c(c1)C(=O)c1ccc(C(=O)OC)cc1C2=O. The Balaban J connectivity index is 2.14. The minimum Gasteiger partial charge on any atom is -0.465 e. The molecular formula is C18H12O6. The highest BCUT2D eigenvalue weighted by Crippen LogP contribution is 2.29. The van der Waals surface area contributed by atoms with E-state index >= 15 is 0 Å². The van der Waals surface area contributed by atoms with Gasteiger partial charge in [-0.25, -0.2) is 9.59 Å². The summed E-state index contributed by atoms with van der Waals surface area (Å²) in [6.45, 7) is 0. The Kier molecular flexibility index (Phi) is 3.73. The molecule has 0 fully saturated rings. The van der Waals surface area contributed by atoms with Crippen LogP contribution < -0.4 is 0 Å². The van der Waals surface area contributed by atoms with Crippen molar-refractivity contribution in [2.45, 2.75) is 0 Å². The van der Waals surface area contributed by atoms with Gasteiger partial charge in [-0.1, -0.05) is 0 Å². The predicted octanol–water partition coefficient (Wildman–Crippen LogP) is 2.04. The highest BCUT2D eigenvalue weighted by molar-refractivity contribution is 6.29. The van der Waals surface area contributed by atoms with E-state index < -0.39 is 11.9 Å². The predicted molar refractivity (Wildman–Crippen MR) is 82.4 cm³/mol. The molecule has 1 aliphatic rings. The maximum absolute atomic E-state index is 12.6. The lowest BCUT2D eigenvalue weighted by atomic mass is 9.82. The lowest BCUT2D eigenvalue weighted by molar-refractivity contribution is 0.0591. The molecule has 0 atom stereocenters. The summed E-state index contributed by atoms with van der Waals surface area (Å²) < 4.78 is 9.25. The maximum atomic E-state index is 12.6. The van der Waals surface area contributed by atoms with Crippen LogP contribution in [0.1, 0.15) is 52.6 Å². The normalized spacial score (nSPS) is 12.2. The van der Waals surface area contributed by atoms with Gasteiger partial charge in [0.1, 0.15) is 0 Å². The van der Waals surface area contributed by atoms with Crippen molar-refractivity contribution in [3.63, 3.8) is 0 Å². The van der Waals surface area contributed by atoms with Crippen LogP contribution in [0.4, 0.5) is 0 Å². The molecule has 120 valence electrons.